The van der Waals surface area contributed by atoms with Crippen LogP contribution in [-0.4, -0.2) is 9.55 Å². The second-order valence-electron chi connectivity index (χ2n) is 9.67. The van der Waals surface area contributed by atoms with Gasteiger partial charge in [0.15, 0.2) is 11.5 Å². The minimum absolute atomic E-state index is 0.848. The van der Waals surface area contributed by atoms with E-state index in [0.29, 0.717) is 0 Å². The van der Waals surface area contributed by atoms with Crippen LogP contribution in [0.4, 0.5) is 0 Å². The topological polar surface area (TPSA) is 27.1 Å². The van der Waals surface area contributed by atoms with Gasteiger partial charge in [-0.3, -0.25) is 4.57 Å². The van der Waals surface area contributed by atoms with Gasteiger partial charge in [0.05, 0.1) is 11.2 Å². The Balaban J connectivity index is 1.22. The number of nitrogens with zero attached hydrogens (tertiary/aromatic N) is 2. The maximum Gasteiger partial charge on any atom is 0.153 e. The van der Waals surface area contributed by atoms with Crippen LogP contribution in [0.25, 0.3) is 60.5 Å². The van der Waals surface area contributed by atoms with E-state index in [-0.39, 0.29) is 0 Å². The van der Waals surface area contributed by atoms with E-state index in [0.717, 1.165) is 45.2 Å². The van der Waals surface area contributed by atoms with E-state index in [9.17, 15) is 0 Å². The summed E-state index contributed by atoms with van der Waals surface area (Å²) < 4.78 is 8.54. The Kier molecular flexibility index (Phi) is 4.15. The normalized spacial score (nSPS) is 12.1. The van der Waals surface area contributed by atoms with Gasteiger partial charge in [0.25, 0.3) is 0 Å². The molecule has 1 aromatic heterocycles. The lowest BCUT2D eigenvalue weighted by atomic mass is 9.92. The SMILES string of the molecule is Cc1nc2cccc3c2n1-c1ccc(-c2ccc(-c4cc5ccccc5c5ccccc45)cc2)cc1O3. The third-order valence-electron chi connectivity index (χ3n) is 7.53. The van der Waals surface area contributed by atoms with Gasteiger partial charge < -0.3 is 4.74 Å². The zero-order chi connectivity index (χ0) is 24.5. The molecule has 37 heavy (non-hydrogen) atoms. The van der Waals surface area contributed by atoms with Crippen LogP contribution in [0.3, 0.4) is 0 Å². The average molecular weight is 475 g/mol. The summed E-state index contributed by atoms with van der Waals surface area (Å²) in [5.74, 6) is 2.66. The lowest BCUT2D eigenvalue weighted by Crippen LogP contribution is -2.05. The van der Waals surface area contributed by atoms with Crippen LogP contribution < -0.4 is 4.74 Å². The first-order chi connectivity index (χ1) is 18.2. The van der Waals surface area contributed by atoms with Crippen LogP contribution in [0, 0.1) is 6.92 Å². The summed E-state index contributed by atoms with van der Waals surface area (Å²) in [6, 6.07) is 41.0. The molecule has 0 saturated carbocycles. The second kappa shape index (κ2) is 7.55. The third-order valence-corrected chi connectivity index (χ3v) is 7.53. The molecule has 0 unspecified atom stereocenters. The Morgan fingerprint density at radius 3 is 2.19 bits per heavy atom. The van der Waals surface area contributed by atoms with Gasteiger partial charge in [-0.1, -0.05) is 84.9 Å². The van der Waals surface area contributed by atoms with Crippen LogP contribution in [0.15, 0.2) is 115 Å². The fourth-order valence-corrected chi connectivity index (χ4v) is 5.80. The summed E-state index contributed by atoms with van der Waals surface area (Å²) in [5.41, 5.74) is 7.78. The molecule has 0 saturated heterocycles. The quantitative estimate of drug-likeness (QED) is 0.234. The van der Waals surface area contributed by atoms with E-state index in [4.69, 9.17) is 9.72 Å². The predicted molar refractivity (Wildman–Crippen MR) is 152 cm³/mol. The number of ether oxygens (including phenoxy) is 1. The van der Waals surface area contributed by atoms with Gasteiger partial charge in [-0.05, 0) is 81.1 Å². The Morgan fingerprint density at radius 2 is 1.32 bits per heavy atom. The molecule has 0 radical (unpaired) electrons. The summed E-state index contributed by atoms with van der Waals surface area (Å²) in [6.07, 6.45) is 0. The molecule has 1 aliphatic rings. The third kappa shape index (κ3) is 2.98. The predicted octanol–water partition coefficient (Wildman–Crippen LogP) is 9.08. The molecule has 2 heterocycles. The molecular formula is C34H22N2O. The lowest BCUT2D eigenvalue weighted by molar-refractivity contribution is 0.475. The van der Waals surface area contributed by atoms with E-state index in [1.54, 1.807) is 0 Å². The summed E-state index contributed by atoms with van der Waals surface area (Å²) in [7, 11) is 0. The molecule has 3 nitrogen and oxygen atoms in total. The van der Waals surface area contributed by atoms with E-state index >= 15 is 0 Å². The minimum atomic E-state index is 0.848. The van der Waals surface area contributed by atoms with E-state index < -0.39 is 0 Å². The molecule has 3 heteroatoms. The van der Waals surface area contributed by atoms with Gasteiger partial charge in [-0.25, -0.2) is 4.98 Å². The van der Waals surface area contributed by atoms with Crippen LogP contribution >= 0.6 is 0 Å². The Morgan fingerprint density at radius 1 is 0.595 bits per heavy atom. The number of aromatic nitrogens is 2. The van der Waals surface area contributed by atoms with Gasteiger partial charge >= 0.3 is 0 Å². The van der Waals surface area contributed by atoms with Crippen molar-refractivity contribution in [1.29, 1.82) is 0 Å². The first-order valence-corrected chi connectivity index (χ1v) is 12.6. The average Bonchev–Trinajstić information content (AvgIpc) is 3.30. The highest BCUT2D eigenvalue weighted by Gasteiger charge is 2.23. The number of benzene rings is 6. The molecule has 8 rings (SSSR count). The molecule has 7 aromatic rings. The van der Waals surface area contributed by atoms with Crippen LogP contribution in [0.1, 0.15) is 5.82 Å². The Labute approximate surface area is 214 Å². The van der Waals surface area contributed by atoms with Crippen molar-refractivity contribution in [2.45, 2.75) is 6.92 Å². The molecule has 0 atom stereocenters. The zero-order valence-electron chi connectivity index (χ0n) is 20.3. The molecule has 0 spiro atoms. The minimum Gasteiger partial charge on any atom is -0.453 e. The van der Waals surface area contributed by atoms with Crippen molar-refractivity contribution in [3.63, 3.8) is 0 Å². The highest BCUT2D eigenvalue weighted by atomic mass is 16.5. The smallest absolute Gasteiger partial charge is 0.153 e. The van der Waals surface area contributed by atoms with E-state index in [1.165, 1.54) is 32.7 Å². The number of imidazole rings is 1. The summed E-state index contributed by atoms with van der Waals surface area (Å²) in [4.78, 5) is 4.73. The van der Waals surface area contributed by atoms with Crippen molar-refractivity contribution in [2.24, 2.45) is 0 Å². The van der Waals surface area contributed by atoms with Crippen molar-refractivity contribution in [1.82, 2.24) is 9.55 Å². The maximum absolute atomic E-state index is 6.35. The first kappa shape index (κ1) is 20.3. The summed E-state index contributed by atoms with van der Waals surface area (Å²) >= 11 is 0. The number of para-hydroxylation sites is 1. The zero-order valence-corrected chi connectivity index (χ0v) is 20.3. The van der Waals surface area contributed by atoms with Crippen molar-refractivity contribution < 1.29 is 4.74 Å². The molecule has 0 bridgehead atoms. The number of fused-ring (bicyclic) bond motifs is 5. The van der Waals surface area contributed by atoms with Gasteiger partial charge in [-0.15, -0.1) is 0 Å². The Hall–Kier alpha value is -4.89. The number of rotatable bonds is 2. The summed E-state index contributed by atoms with van der Waals surface area (Å²) in [5, 5.41) is 5.11. The van der Waals surface area contributed by atoms with Gasteiger partial charge in [0.2, 0.25) is 0 Å². The monoisotopic (exact) mass is 474 g/mol. The van der Waals surface area contributed by atoms with Crippen molar-refractivity contribution >= 4 is 32.6 Å². The van der Waals surface area contributed by atoms with Crippen molar-refractivity contribution in [2.75, 3.05) is 0 Å². The molecule has 0 fully saturated rings. The van der Waals surface area contributed by atoms with Crippen molar-refractivity contribution in [3.8, 4) is 39.4 Å². The number of hydrogen-bond donors (Lipinski definition) is 0. The molecule has 0 amide bonds. The Bertz CT molecular complexity index is 2020. The van der Waals surface area contributed by atoms with Gasteiger partial charge in [-0.2, -0.15) is 0 Å². The van der Waals surface area contributed by atoms with Crippen molar-refractivity contribution in [3.05, 3.63) is 121 Å². The van der Waals surface area contributed by atoms with Crippen LogP contribution in [-0.2, 0) is 0 Å². The summed E-state index contributed by atoms with van der Waals surface area (Å²) in [6.45, 7) is 2.04. The van der Waals surface area contributed by atoms with E-state index in [2.05, 4.69) is 102 Å². The van der Waals surface area contributed by atoms with Gasteiger partial charge in [0, 0.05) is 0 Å². The molecule has 174 valence electrons. The van der Waals surface area contributed by atoms with Crippen LogP contribution in [0.2, 0.25) is 0 Å². The number of aryl methyl sites for hydroxylation is 1. The highest BCUT2D eigenvalue weighted by Crippen LogP contribution is 2.43. The molecular weight excluding hydrogens is 452 g/mol. The standard InChI is InChI=1S/C34H22N2O/c1-21-35-30-11-6-12-32-34(30)36(21)31-18-17-24(20-33(31)37-32)22-13-15-23(16-14-22)29-19-25-7-2-3-8-26(25)27-9-4-5-10-28(27)29/h2-20H,1H3. The second-order valence-corrected chi connectivity index (χ2v) is 9.67. The fourth-order valence-electron chi connectivity index (χ4n) is 5.80. The maximum atomic E-state index is 6.35. The largest absolute Gasteiger partial charge is 0.453 e. The van der Waals surface area contributed by atoms with E-state index in [1.807, 2.05) is 25.1 Å². The molecule has 1 aliphatic heterocycles. The first-order valence-electron chi connectivity index (χ1n) is 12.6. The van der Waals surface area contributed by atoms with Gasteiger partial charge in [0.1, 0.15) is 11.3 Å². The lowest BCUT2D eigenvalue weighted by Gasteiger charge is -2.21. The molecule has 0 aliphatic carbocycles. The highest BCUT2D eigenvalue weighted by molar-refractivity contribution is 6.13. The fraction of sp³-hybridized carbons (Fsp3) is 0.0294. The number of hydrogen-bond acceptors (Lipinski definition) is 2. The van der Waals surface area contributed by atoms with Crippen LogP contribution in [0.5, 0.6) is 11.5 Å². The molecule has 0 N–H and O–H groups in total. The molecule has 6 aromatic carbocycles.